The normalized spacial score (nSPS) is 22.5. The van der Waals surface area contributed by atoms with Crippen molar-refractivity contribution in [3.8, 4) is 0 Å². The van der Waals surface area contributed by atoms with E-state index in [2.05, 4.69) is 20.9 Å². The van der Waals surface area contributed by atoms with E-state index in [9.17, 15) is 10.1 Å². The van der Waals surface area contributed by atoms with Crippen molar-refractivity contribution in [1.29, 1.82) is 0 Å². The maximum Gasteiger partial charge on any atom is 0.311 e. The fourth-order valence-electron chi connectivity index (χ4n) is 2.87. The van der Waals surface area contributed by atoms with Crippen LogP contribution in [0.3, 0.4) is 0 Å². The van der Waals surface area contributed by atoms with Crippen LogP contribution in [0.25, 0.3) is 0 Å². The summed E-state index contributed by atoms with van der Waals surface area (Å²) in [6.45, 7) is 0.617. The molecule has 0 radical (unpaired) electrons. The van der Waals surface area contributed by atoms with E-state index in [4.69, 9.17) is 5.73 Å². The van der Waals surface area contributed by atoms with Gasteiger partial charge in [0.1, 0.15) is 11.9 Å². The van der Waals surface area contributed by atoms with E-state index >= 15 is 0 Å². The molecular weight excluding hydrogens is 312 g/mol. The molecule has 19 heavy (non-hydrogen) atoms. The van der Waals surface area contributed by atoms with E-state index in [1.54, 1.807) is 6.20 Å². The van der Waals surface area contributed by atoms with Crippen molar-refractivity contribution < 1.29 is 4.92 Å². The van der Waals surface area contributed by atoms with Crippen LogP contribution in [0.1, 0.15) is 19.3 Å². The average molecular weight is 329 g/mol. The minimum absolute atomic E-state index is 0.0274. The highest BCUT2D eigenvalue weighted by molar-refractivity contribution is 9.10. The number of halogens is 1. The molecule has 0 spiro atoms. The standard InChI is InChI=1S/C12H17BrN4O2/c1-16(10-4-2-3-8(10)5-14)12-9(13)6-15-7-11(12)17(18)19/h6-8,10H,2-5,14H2,1H3. The summed E-state index contributed by atoms with van der Waals surface area (Å²) >= 11 is 3.37. The van der Waals surface area contributed by atoms with Gasteiger partial charge in [-0.2, -0.15) is 0 Å². The first-order chi connectivity index (χ1) is 9.06. The Hall–Kier alpha value is -1.21. The van der Waals surface area contributed by atoms with Crippen LogP contribution in [0.5, 0.6) is 0 Å². The summed E-state index contributed by atoms with van der Waals surface area (Å²) in [5.41, 5.74) is 6.41. The number of nitro groups is 1. The van der Waals surface area contributed by atoms with Crippen molar-refractivity contribution in [2.24, 2.45) is 11.7 Å². The predicted molar refractivity (Wildman–Crippen MR) is 77.2 cm³/mol. The Morgan fingerprint density at radius 2 is 2.32 bits per heavy atom. The van der Waals surface area contributed by atoms with Crippen molar-refractivity contribution in [1.82, 2.24) is 4.98 Å². The van der Waals surface area contributed by atoms with E-state index < -0.39 is 4.92 Å². The number of nitrogens with two attached hydrogens (primary N) is 1. The van der Waals surface area contributed by atoms with Crippen LogP contribution in [0.15, 0.2) is 16.9 Å². The highest BCUT2D eigenvalue weighted by atomic mass is 79.9. The van der Waals surface area contributed by atoms with Gasteiger partial charge >= 0.3 is 5.69 Å². The number of rotatable bonds is 4. The smallest absolute Gasteiger partial charge is 0.311 e. The lowest BCUT2D eigenvalue weighted by Crippen LogP contribution is -2.38. The van der Waals surface area contributed by atoms with Gasteiger partial charge in [-0.05, 0) is 41.2 Å². The quantitative estimate of drug-likeness (QED) is 0.677. The number of hydrogen-bond acceptors (Lipinski definition) is 5. The second kappa shape index (κ2) is 5.83. The van der Waals surface area contributed by atoms with Crippen LogP contribution in [0, 0.1) is 16.0 Å². The molecular formula is C12H17BrN4O2. The Labute approximate surface area is 120 Å². The molecule has 0 aromatic carbocycles. The van der Waals surface area contributed by atoms with Gasteiger partial charge in [-0.15, -0.1) is 0 Å². The molecule has 104 valence electrons. The van der Waals surface area contributed by atoms with Gasteiger partial charge in [0, 0.05) is 19.3 Å². The van der Waals surface area contributed by atoms with Gasteiger partial charge in [0.25, 0.3) is 0 Å². The van der Waals surface area contributed by atoms with E-state index in [0.29, 0.717) is 22.6 Å². The highest BCUT2D eigenvalue weighted by Gasteiger charge is 2.33. The summed E-state index contributed by atoms with van der Waals surface area (Å²) in [6, 6.07) is 0.252. The molecule has 0 amide bonds. The molecule has 1 aliphatic rings. The highest BCUT2D eigenvalue weighted by Crippen LogP contribution is 2.39. The molecule has 1 fully saturated rings. The monoisotopic (exact) mass is 328 g/mol. The maximum atomic E-state index is 11.1. The Kier molecular flexibility index (Phi) is 4.36. The van der Waals surface area contributed by atoms with Crippen molar-refractivity contribution in [2.45, 2.75) is 25.3 Å². The summed E-state index contributed by atoms with van der Waals surface area (Å²) in [5, 5.41) is 11.1. The third-order valence-corrected chi connectivity index (χ3v) is 4.40. The van der Waals surface area contributed by atoms with Crippen molar-refractivity contribution in [2.75, 3.05) is 18.5 Å². The number of anilines is 1. The zero-order valence-electron chi connectivity index (χ0n) is 10.8. The fourth-order valence-corrected chi connectivity index (χ4v) is 3.47. The van der Waals surface area contributed by atoms with Crippen LogP contribution >= 0.6 is 15.9 Å². The Morgan fingerprint density at radius 1 is 1.58 bits per heavy atom. The van der Waals surface area contributed by atoms with Gasteiger partial charge in [-0.3, -0.25) is 15.1 Å². The molecule has 2 unspecified atom stereocenters. The lowest BCUT2D eigenvalue weighted by molar-refractivity contribution is -0.384. The summed E-state index contributed by atoms with van der Waals surface area (Å²) in [6.07, 6.45) is 6.11. The lowest BCUT2D eigenvalue weighted by Gasteiger charge is -2.31. The van der Waals surface area contributed by atoms with Crippen LogP contribution < -0.4 is 10.6 Å². The van der Waals surface area contributed by atoms with Gasteiger partial charge < -0.3 is 10.6 Å². The first-order valence-electron chi connectivity index (χ1n) is 6.27. The topological polar surface area (TPSA) is 85.3 Å². The predicted octanol–water partition coefficient (Wildman–Crippen LogP) is 2.32. The molecule has 1 aromatic heterocycles. The van der Waals surface area contributed by atoms with Gasteiger partial charge in [0.2, 0.25) is 0 Å². The number of nitrogens with zero attached hydrogens (tertiary/aromatic N) is 3. The fraction of sp³-hybridized carbons (Fsp3) is 0.583. The van der Waals surface area contributed by atoms with E-state index in [-0.39, 0.29) is 11.7 Å². The molecule has 1 aromatic rings. The molecule has 2 atom stereocenters. The molecule has 2 N–H and O–H groups in total. The Bertz CT molecular complexity index is 483. The molecule has 7 heteroatoms. The van der Waals surface area contributed by atoms with Crippen LogP contribution in [-0.4, -0.2) is 29.5 Å². The molecule has 2 rings (SSSR count). The third kappa shape index (κ3) is 2.71. The molecule has 0 saturated heterocycles. The second-order valence-corrected chi connectivity index (χ2v) is 5.71. The van der Waals surface area contributed by atoms with E-state index in [1.165, 1.54) is 6.20 Å². The molecule has 6 nitrogen and oxygen atoms in total. The summed E-state index contributed by atoms with van der Waals surface area (Å²) in [7, 11) is 1.89. The number of aromatic nitrogens is 1. The molecule has 0 aliphatic heterocycles. The number of hydrogen-bond donors (Lipinski definition) is 1. The van der Waals surface area contributed by atoms with Crippen molar-refractivity contribution in [3.05, 3.63) is 27.0 Å². The zero-order chi connectivity index (χ0) is 14.0. The molecule has 1 heterocycles. The summed E-state index contributed by atoms with van der Waals surface area (Å²) < 4.78 is 0.645. The molecule has 1 aliphatic carbocycles. The van der Waals surface area contributed by atoms with Crippen LogP contribution in [0.4, 0.5) is 11.4 Å². The zero-order valence-corrected chi connectivity index (χ0v) is 12.3. The van der Waals surface area contributed by atoms with Gasteiger partial charge in [0.15, 0.2) is 0 Å². The average Bonchev–Trinajstić information content (AvgIpc) is 2.85. The minimum Gasteiger partial charge on any atom is -0.365 e. The molecule has 1 saturated carbocycles. The lowest BCUT2D eigenvalue weighted by atomic mass is 10.0. The summed E-state index contributed by atoms with van der Waals surface area (Å²) in [4.78, 5) is 16.6. The van der Waals surface area contributed by atoms with Gasteiger partial charge in [-0.1, -0.05) is 6.42 Å². The first-order valence-corrected chi connectivity index (χ1v) is 7.06. The van der Waals surface area contributed by atoms with Crippen molar-refractivity contribution >= 4 is 27.3 Å². The number of pyridine rings is 1. The minimum atomic E-state index is -0.393. The first kappa shape index (κ1) is 14.2. The Balaban J connectivity index is 2.38. The molecule has 0 bridgehead atoms. The maximum absolute atomic E-state index is 11.1. The van der Waals surface area contributed by atoms with Gasteiger partial charge in [-0.25, -0.2) is 0 Å². The summed E-state index contributed by atoms with van der Waals surface area (Å²) in [5.74, 6) is 0.393. The van der Waals surface area contributed by atoms with E-state index in [0.717, 1.165) is 19.3 Å². The second-order valence-electron chi connectivity index (χ2n) is 4.85. The third-order valence-electron chi connectivity index (χ3n) is 3.82. The van der Waals surface area contributed by atoms with Gasteiger partial charge in [0.05, 0.1) is 9.40 Å². The largest absolute Gasteiger partial charge is 0.365 e. The SMILES string of the molecule is CN(c1c(Br)cncc1[N+](=O)[O-])C1CCCC1CN. The van der Waals surface area contributed by atoms with Crippen LogP contribution in [0.2, 0.25) is 0 Å². The Morgan fingerprint density at radius 3 is 2.95 bits per heavy atom. The van der Waals surface area contributed by atoms with Crippen molar-refractivity contribution in [3.63, 3.8) is 0 Å². The van der Waals surface area contributed by atoms with Crippen LogP contribution in [-0.2, 0) is 0 Å². The van der Waals surface area contributed by atoms with E-state index in [1.807, 2.05) is 11.9 Å².